The number of nitrogens with one attached hydrogen (secondary N) is 1. The number of amides is 1. The van der Waals surface area contributed by atoms with E-state index in [9.17, 15) is 9.59 Å². The normalized spacial score (nSPS) is 15.7. The highest BCUT2D eigenvalue weighted by molar-refractivity contribution is 5.93. The van der Waals surface area contributed by atoms with E-state index < -0.39 is 0 Å². The second-order valence-corrected chi connectivity index (χ2v) is 5.69. The van der Waals surface area contributed by atoms with Crippen LogP contribution in [0.5, 0.6) is 0 Å². The van der Waals surface area contributed by atoms with Gasteiger partial charge < -0.3 is 15.8 Å². The number of hydrogen-bond donors (Lipinski definition) is 2. The number of nitrogens with zero attached hydrogens (tertiary/aromatic N) is 2. The summed E-state index contributed by atoms with van der Waals surface area (Å²) in [7, 11) is 1.37. The molecule has 24 heavy (non-hydrogen) atoms. The van der Waals surface area contributed by atoms with E-state index in [0.29, 0.717) is 5.56 Å². The lowest BCUT2D eigenvalue weighted by atomic mass is 9.98. The van der Waals surface area contributed by atoms with Crippen LogP contribution in [0, 0.1) is 6.92 Å². The minimum Gasteiger partial charge on any atom is -0.465 e. The number of nitrogens with two attached hydrogens (primary N) is 1. The molecule has 0 saturated heterocycles. The van der Waals surface area contributed by atoms with Crippen LogP contribution < -0.4 is 11.1 Å². The van der Waals surface area contributed by atoms with E-state index in [0.717, 1.165) is 29.5 Å². The third-order valence-electron chi connectivity index (χ3n) is 4.32. The van der Waals surface area contributed by atoms with Crippen LogP contribution in [-0.4, -0.2) is 29.0 Å². The smallest absolute Gasteiger partial charge is 0.338 e. The largest absolute Gasteiger partial charge is 0.465 e. The Bertz CT molecular complexity index is 819. The summed E-state index contributed by atoms with van der Waals surface area (Å²) in [6.07, 6.45) is 2.83. The third kappa shape index (κ3) is 2.80. The zero-order valence-corrected chi connectivity index (χ0v) is 13.5. The summed E-state index contributed by atoms with van der Waals surface area (Å²) in [5.41, 5.74) is 9.40. The number of ether oxygens (including phenoxy) is 1. The van der Waals surface area contributed by atoms with Gasteiger partial charge in [0.1, 0.15) is 17.8 Å². The molecule has 1 aromatic heterocycles. The highest BCUT2D eigenvalue weighted by atomic mass is 16.5. The molecular weight excluding hydrogens is 308 g/mol. The molecule has 7 nitrogen and oxygen atoms in total. The Hall–Kier alpha value is -2.96. The summed E-state index contributed by atoms with van der Waals surface area (Å²) in [4.78, 5) is 31.8. The monoisotopic (exact) mass is 326 g/mol. The average Bonchev–Trinajstić information content (AvgIpc) is 2.98. The number of methoxy groups -OCH3 is 1. The van der Waals surface area contributed by atoms with Gasteiger partial charge in [0.25, 0.3) is 5.91 Å². The van der Waals surface area contributed by atoms with E-state index in [1.54, 1.807) is 6.07 Å². The standard InChI is InChI=1S/C17H18N4O3/c1-9-10-5-6-13(12(10)4-3-11(9)17(23)24-2)21-16(22)14-7-15(18)20-8-19-14/h3-4,7-8,13H,5-6H2,1-2H3,(H,21,22)(H2,18,19,20)/t13-/m0/s1. The van der Waals surface area contributed by atoms with Crippen LogP contribution >= 0.6 is 0 Å². The van der Waals surface area contributed by atoms with E-state index >= 15 is 0 Å². The summed E-state index contributed by atoms with van der Waals surface area (Å²) in [5.74, 6) is -0.392. The number of esters is 1. The van der Waals surface area contributed by atoms with Gasteiger partial charge >= 0.3 is 5.97 Å². The topological polar surface area (TPSA) is 107 Å². The quantitative estimate of drug-likeness (QED) is 0.829. The van der Waals surface area contributed by atoms with E-state index in [-0.39, 0.29) is 29.4 Å². The van der Waals surface area contributed by atoms with Crippen molar-refractivity contribution in [2.24, 2.45) is 0 Å². The summed E-state index contributed by atoms with van der Waals surface area (Å²) in [5, 5.41) is 2.97. The molecule has 1 amide bonds. The lowest BCUT2D eigenvalue weighted by Crippen LogP contribution is -2.28. The first-order valence-electron chi connectivity index (χ1n) is 7.60. The highest BCUT2D eigenvalue weighted by Crippen LogP contribution is 2.35. The Morgan fingerprint density at radius 3 is 2.83 bits per heavy atom. The number of anilines is 1. The number of carbonyl (C=O) groups excluding carboxylic acids is 2. The highest BCUT2D eigenvalue weighted by Gasteiger charge is 2.28. The minimum absolute atomic E-state index is 0.117. The van der Waals surface area contributed by atoms with Crippen molar-refractivity contribution in [1.82, 2.24) is 15.3 Å². The zero-order valence-electron chi connectivity index (χ0n) is 13.5. The van der Waals surface area contributed by atoms with Crippen molar-refractivity contribution in [2.75, 3.05) is 12.8 Å². The molecule has 0 saturated carbocycles. The number of nitrogen functional groups attached to an aromatic ring is 1. The van der Waals surface area contributed by atoms with E-state index in [1.165, 1.54) is 19.5 Å². The maximum absolute atomic E-state index is 12.3. The molecule has 0 spiro atoms. The number of benzene rings is 1. The molecule has 0 aliphatic heterocycles. The maximum Gasteiger partial charge on any atom is 0.338 e. The van der Waals surface area contributed by atoms with Crippen LogP contribution in [0.4, 0.5) is 5.82 Å². The fourth-order valence-corrected chi connectivity index (χ4v) is 3.09. The molecule has 3 rings (SSSR count). The average molecular weight is 326 g/mol. The molecule has 0 unspecified atom stereocenters. The van der Waals surface area contributed by atoms with Gasteiger partial charge in [0, 0.05) is 6.07 Å². The molecule has 1 atom stereocenters. The minimum atomic E-state index is -0.348. The SMILES string of the molecule is COC(=O)c1ccc2c(c1C)CC[C@@H]2NC(=O)c1cc(N)ncn1. The van der Waals surface area contributed by atoms with Gasteiger partial charge in [-0.15, -0.1) is 0 Å². The molecule has 1 aliphatic rings. The summed E-state index contributed by atoms with van der Waals surface area (Å²) in [6.45, 7) is 1.90. The van der Waals surface area contributed by atoms with E-state index in [2.05, 4.69) is 15.3 Å². The number of carbonyl (C=O) groups is 2. The first kappa shape index (κ1) is 15.9. The first-order valence-corrected chi connectivity index (χ1v) is 7.60. The van der Waals surface area contributed by atoms with Gasteiger partial charge in [-0.25, -0.2) is 14.8 Å². The number of rotatable bonds is 3. The maximum atomic E-state index is 12.3. The van der Waals surface area contributed by atoms with Gasteiger partial charge in [-0.3, -0.25) is 4.79 Å². The first-order chi connectivity index (χ1) is 11.5. The van der Waals surface area contributed by atoms with Crippen molar-refractivity contribution in [3.05, 3.63) is 52.5 Å². The van der Waals surface area contributed by atoms with Crippen LogP contribution in [0.2, 0.25) is 0 Å². The molecule has 0 fully saturated rings. The summed E-state index contributed by atoms with van der Waals surface area (Å²) >= 11 is 0. The second-order valence-electron chi connectivity index (χ2n) is 5.69. The summed E-state index contributed by atoms with van der Waals surface area (Å²) < 4.78 is 4.80. The lowest BCUT2D eigenvalue weighted by Gasteiger charge is -2.15. The molecule has 1 aliphatic carbocycles. The molecule has 1 heterocycles. The molecular formula is C17H18N4O3. The van der Waals surface area contributed by atoms with Crippen molar-refractivity contribution < 1.29 is 14.3 Å². The van der Waals surface area contributed by atoms with Gasteiger partial charge in [-0.05, 0) is 42.5 Å². The molecule has 7 heteroatoms. The Balaban J connectivity index is 1.84. The van der Waals surface area contributed by atoms with Gasteiger partial charge in [0.15, 0.2) is 0 Å². The predicted octanol–water partition coefficient (Wildman–Crippen LogP) is 1.57. The molecule has 3 N–H and O–H groups in total. The predicted molar refractivity (Wildman–Crippen MR) is 87.5 cm³/mol. The van der Waals surface area contributed by atoms with Crippen LogP contribution in [0.3, 0.4) is 0 Å². The zero-order chi connectivity index (χ0) is 17.3. The Labute approximate surface area is 139 Å². The fraction of sp³-hybridized carbons (Fsp3) is 0.294. The van der Waals surface area contributed by atoms with E-state index in [4.69, 9.17) is 10.5 Å². The lowest BCUT2D eigenvalue weighted by molar-refractivity contribution is 0.0599. The third-order valence-corrected chi connectivity index (χ3v) is 4.32. The number of aromatic nitrogens is 2. The molecule has 124 valence electrons. The molecule has 2 aromatic rings. The van der Waals surface area contributed by atoms with Gasteiger partial charge in [0.05, 0.1) is 18.7 Å². The Morgan fingerprint density at radius 1 is 1.33 bits per heavy atom. The van der Waals surface area contributed by atoms with Gasteiger partial charge in [-0.2, -0.15) is 0 Å². The molecule has 1 aromatic carbocycles. The Morgan fingerprint density at radius 2 is 2.12 bits per heavy atom. The van der Waals surface area contributed by atoms with Gasteiger partial charge in [-0.1, -0.05) is 6.07 Å². The van der Waals surface area contributed by atoms with Crippen molar-refractivity contribution in [3.8, 4) is 0 Å². The van der Waals surface area contributed by atoms with E-state index in [1.807, 2.05) is 13.0 Å². The van der Waals surface area contributed by atoms with Gasteiger partial charge in [0.2, 0.25) is 0 Å². The molecule has 0 radical (unpaired) electrons. The van der Waals surface area contributed by atoms with Crippen molar-refractivity contribution >= 4 is 17.7 Å². The number of fused-ring (bicyclic) bond motifs is 1. The van der Waals surface area contributed by atoms with Crippen molar-refractivity contribution in [3.63, 3.8) is 0 Å². The van der Waals surface area contributed by atoms with Crippen LogP contribution in [0.15, 0.2) is 24.5 Å². The van der Waals surface area contributed by atoms with Crippen molar-refractivity contribution in [2.45, 2.75) is 25.8 Å². The van der Waals surface area contributed by atoms with Crippen LogP contribution in [-0.2, 0) is 11.2 Å². The van der Waals surface area contributed by atoms with Crippen molar-refractivity contribution in [1.29, 1.82) is 0 Å². The molecule has 0 bridgehead atoms. The number of hydrogen-bond acceptors (Lipinski definition) is 6. The fourth-order valence-electron chi connectivity index (χ4n) is 3.09. The summed E-state index contributed by atoms with van der Waals surface area (Å²) in [6, 6.07) is 4.94. The second kappa shape index (κ2) is 6.27. The Kier molecular flexibility index (Phi) is 4.16. The van der Waals surface area contributed by atoms with Crippen LogP contribution in [0.1, 0.15) is 50.0 Å². The van der Waals surface area contributed by atoms with Crippen LogP contribution in [0.25, 0.3) is 0 Å².